The van der Waals surface area contributed by atoms with Crippen LogP contribution in [0.1, 0.15) is 136 Å². The molecule has 0 aromatic carbocycles. The highest BCUT2D eigenvalue weighted by Crippen LogP contribution is 2.32. The van der Waals surface area contributed by atoms with Crippen LogP contribution >= 0.6 is 0 Å². The van der Waals surface area contributed by atoms with Crippen molar-refractivity contribution in [2.24, 2.45) is 11.8 Å². The SMILES string of the molecule is CCCCCCCCCCCCCOC(=O)C1CCCCC1C(=O)OCCCCCC. The minimum Gasteiger partial charge on any atom is -0.465 e. The van der Waals surface area contributed by atoms with E-state index in [4.69, 9.17) is 9.47 Å². The van der Waals surface area contributed by atoms with E-state index in [0.717, 1.165) is 51.4 Å². The molecule has 31 heavy (non-hydrogen) atoms. The van der Waals surface area contributed by atoms with E-state index >= 15 is 0 Å². The molecule has 0 amide bonds. The van der Waals surface area contributed by atoms with Crippen LogP contribution in [0.3, 0.4) is 0 Å². The molecule has 2 atom stereocenters. The largest absolute Gasteiger partial charge is 0.465 e. The number of ether oxygens (including phenoxy) is 2. The third-order valence-corrected chi connectivity index (χ3v) is 6.61. The highest BCUT2D eigenvalue weighted by Gasteiger charge is 2.37. The van der Waals surface area contributed by atoms with Gasteiger partial charge in [-0.05, 0) is 25.7 Å². The van der Waals surface area contributed by atoms with Gasteiger partial charge in [0.1, 0.15) is 0 Å². The van der Waals surface area contributed by atoms with E-state index < -0.39 is 0 Å². The maximum absolute atomic E-state index is 12.6. The van der Waals surface area contributed by atoms with Crippen LogP contribution in [0, 0.1) is 11.8 Å². The number of esters is 2. The summed E-state index contributed by atoms with van der Waals surface area (Å²) in [5.41, 5.74) is 0. The van der Waals surface area contributed by atoms with Crippen molar-refractivity contribution < 1.29 is 19.1 Å². The lowest BCUT2D eigenvalue weighted by atomic mass is 9.79. The second-order valence-electron chi connectivity index (χ2n) is 9.43. The standard InChI is InChI=1S/C27H50O4/c1-3-5-7-9-10-11-12-13-14-15-19-23-31-27(29)25-21-17-16-20-24(25)26(28)30-22-18-8-6-4-2/h24-25H,3-23H2,1-2H3. The number of unbranched alkanes of at least 4 members (excludes halogenated alkanes) is 13. The first-order valence-electron chi connectivity index (χ1n) is 13.5. The maximum Gasteiger partial charge on any atom is 0.309 e. The summed E-state index contributed by atoms with van der Waals surface area (Å²) in [4.78, 5) is 25.1. The lowest BCUT2D eigenvalue weighted by molar-refractivity contribution is -0.163. The summed E-state index contributed by atoms with van der Waals surface area (Å²) in [6.45, 7) is 5.40. The Morgan fingerprint density at radius 2 is 0.871 bits per heavy atom. The molecule has 0 aliphatic heterocycles. The number of carbonyl (C=O) groups is 2. The average molecular weight is 439 g/mol. The zero-order valence-corrected chi connectivity index (χ0v) is 20.6. The average Bonchev–Trinajstić information content (AvgIpc) is 2.79. The van der Waals surface area contributed by atoms with Crippen molar-refractivity contribution in [2.45, 2.75) is 136 Å². The molecule has 0 radical (unpaired) electrons. The van der Waals surface area contributed by atoms with Gasteiger partial charge in [-0.25, -0.2) is 0 Å². The Morgan fingerprint density at radius 1 is 0.548 bits per heavy atom. The molecule has 182 valence electrons. The Kier molecular flexibility index (Phi) is 17.7. The molecule has 2 unspecified atom stereocenters. The summed E-state index contributed by atoms with van der Waals surface area (Å²) < 4.78 is 11.0. The van der Waals surface area contributed by atoms with Crippen molar-refractivity contribution in [1.29, 1.82) is 0 Å². The van der Waals surface area contributed by atoms with Crippen molar-refractivity contribution in [3.05, 3.63) is 0 Å². The smallest absolute Gasteiger partial charge is 0.309 e. The minimum atomic E-state index is -0.301. The van der Waals surface area contributed by atoms with E-state index in [1.165, 1.54) is 70.6 Å². The molecule has 0 saturated heterocycles. The first-order valence-corrected chi connectivity index (χ1v) is 13.5. The molecule has 0 aromatic rings. The second kappa shape index (κ2) is 19.6. The molecule has 1 aliphatic carbocycles. The molecule has 0 spiro atoms. The number of rotatable bonds is 19. The molecule has 0 heterocycles. The fourth-order valence-corrected chi connectivity index (χ4v) is 4.55. The van der Waals surface area contributed by atoms with Gasteiger partial charge in [0.25, 0.3) is 0 Å². The molecular formula is C27H50O4. The van der Waals surface area contributed by atoms with Gasteiger partial charge < -0.3 is 9.47 Å². The van der Waals surface area contributed by atoms with Crippen molar-refractivity contribution in [3.63, 3.8) is 0 Å². The molecule has 0 aromatic heterocycles. The molecule has 4 nitrogen and oxygen atoms in total. The lowest BCUT2D eigenvalue weighted by Gasteiger charge is -2.28. The van der Waals surface area contributed by atoms with Gasteiger partial charge in [-0.1, -0.05) is 110 Å². The second-order valence-corrected chi connectivity index (χ2v) is 9.43. The Labute approximate surface area is 192 Å². The fourth-order valence-electron chi connectivity index (χ4n) is 4.55. The van der Waals surface area contributed by atoms with Gasteiger partial charge in [0.15, 0.2) is 0 Å². The van der Waals surface area contributed by atoms with Crippen LogP contribution in [0.15, 0.2) is 0 Å². The van der Waals surface area contributed by atoms with Crippen LogP contribution in [0.4, 0.5) is 0 Å². The quantitative estimate of drug-likeness (QED) is 0.153. The normalized spacial score (nSPS) is 18.6. The third kappa shape index (κ3) is 13.9. The maximum atomic E-state index is 12.6. The predicted octanol–water partition coefficient (Wildman–Crippen LogP) is 7.77. The van der Waals surface area contributed by atoms with Crippen LogP contribution < -0.4 is 0 Å². The number of hydrogen-bond donors (Lipinski definition) is 0. The van der Waals surface area contributed by atoms with E-state index in [-0.39, 0.29) is 23.8 Å². The van der Waals surface area contributed by atoms with Gasteiger partial charge in [0.2, 0.25) is 0 Å². The van der Waals surface area contributed by atoms with Gasteiger partial charge in [-0.2, -0.15) is 0 Å². The minimum absolute atomic E-state index is 0.181. The summed E-state index contributed by atoms with van der Waals surface area (Å²) in [7, 11) is 0. The van der Waals surface area contributed by atoms with Crippen LogP contribution in [0.5, 0.6) is 0 Å². The van der Waals surface area contributed by atoms with Gasteiger partial charge >= 0.3 is 11.9 Å². The van der Waals surface area contributed by atoms with E-state index in [0.29, 0.717) is 13.2 Å². The molecule has 0 N–H and O–H groups in total. The van der Waals surface area contributed by atoms with Crippen LogP contribution in [-0.4, -0.2) is 25.2 Å². The molecule has 1 rings (SSSR count). The van der Waals surface area contributed by atoms with E-state index in [1.54, 1.807) is 0 Å². The first-order chi connectivity index (χ1) is 15.2. The van der Waals surface area contributed by atoms with Gasteiger partial charge in [0.05, 0.1) is 25.0 Å². The Morgan fingerprint density at radius 3 is 1.26 bits per heavy atom. The topological polar surface area (TPSA) is 52.6 Å². The zero-order valence-electron chi connectivity index (χ0n) is 20.6. The van der Waals surface area contributed by atoms with Crippen molar-refractivity contribution in [2.75, 3.05) is 13.2 Å². The number of hydrogen-bond acceptors (Lipinski definition) is 4. The summed E-state index contributed by atoms with van der Waals surface area (Å²) in [5.74, 6) is -0.970. The van der Waals surface area contributed by atoms with E-state index in [2.05, 4.69) is 13.8 Å². The Hall–Kier alpha value is -1.06. The van der Waals surface area contributed by atoms with Crippen LogP contribution in [-0.2, 0) is 19.1 Å². The Bertz CT molecular complexity index is 449. The van der Waals surface area contributed by atoms with E-state index in [9.17, 15) is 9.59 Å². The summed E-state index contributed by atoms with van der Waals surface area (Å²) in [5, 5.41) is 0. The predicted molar refractivity (Wildman–Crippen MR) is 128 cm³/mol. The Balaban J connectivity index is 2.11. The molecular weight excluding hydrogens is 388 g/mol. The highest BCUT2D eigenvalue weighted by atomic mass is 16.5. The molecule has 1 saturated carbocycles. The highest BCUT2D eigenvalue weighted by molar-refractivity contribution is 5.82. The van der Waals surface area contributed by atoms with Crippen molar-refractivity contribution in [3.8, 4) is 0 Å². The fraction of sp³-hybridized carbons (Fsp3) is 0.926. The molecule has 4 heteroatoms. The van der Waals surface area contributed by atoms with Crippen LogP contribution in [0.25, 0.3) is 0 Å². The third-order valence-electron chi connectivity index (χ3n) is 6.61. The summed E-state index contributed by atoms with van der Waals surface area (Å²) in [6.07, 6.45) is 22.0. The van der Waals surface area contributed by atoms with Crippen LogP contribution in [0.2, 0.25) is 0 Å². The lowest BCUT2D eigenvalue weighted by Crippen LogP contribution is -2.35. The summed E-state index contributed by atoms with van der Waals surface area (Å²) in [6, 6.07) is 0. The van der Waals surface area contributed by atoms with Crippen molar-refractivity contribution in [1.82, 2.24) is 0 Å². The zero-order chi connectivity index (χ0) is 22.6. The molecule has 1 aliphatic rings. The first kappa shape index (κ1) is 28.0. The monoisotopic (exact) mass is 438 g/mol. The van der Waals surface area contributed by atoms with Crippen molar-refractivity contribution >= 4 is 11.9 Å². The van der Waals surface area contributed by atoms with Gasteiger partial charge in [-0.3, -0.25) is 9.59 Å². The van der Waals surface area contributed by atoms with E-state index in [1.807, 2.05) is 0 Å². The van der Waals surface area contributed by atoms with Gasteiger partial charge in [0, 0.05) is 0 Å². The molecule has 1 fully saturated rings. The number of carbonyl (C=O) groups excluding carboxylic acids is 2. The summed E-state index contributed by atoms with van der Waals surface area (Å²) >= 11 is 0. The van der Waals surface area contributed by atoms with Gasteiger partial charge in [-0.15, -0.1) is 0 Å². The molecule has 0 bridgehead atoms.